The minimum absolute atomic E-state index is 0.0488. The fourth-order valence-corrected chi connectivity index (χ4v) is 3.31. The highest BCUT2D eigenvalue weighted by molar-refractivity contribution is 7.80. The number of hydrogen-bond donors (Lipinski definition) is 2. The number of nitrogens with zero attached hydrogens (tertiary/aromatic N) is 1. The van der Waals surface area contributed by atoms with E-state index in [4.69, 9.17) is 12.2 Å². The van der Waals surface area contributed by atoms with E-state index in [0.717, 1.165) is 29.8 Å². The van der Waals surface area contributed by atoms with E-state index >= 15 is 0 Å². The van der Waals surface area contributed by atoms with E-state index in [1.54, 1.807) is 6.92 Å². The van der Waals surface area contributed by atoms with Gasteiger partial charge in [0.05, 0.1) is 10.7 Å². The molecule has 0 saturated heterocycles. The first-order chi connectivity index (χ1) is 11.9. The molecular weight excluding hydrogens is 334 g/mol. The molecule has 2 atom stereocenters. The van der Waals surface area contributed by atoms with Gasteiger partial charge in [0.1, 0.15) is 5.78 Å². The number of thiocarbonyl (C=S) groups is 1. The van der Waals surface area contributed by atoms with Gasteiger partial charge in [-0.1, -0.05) is 44.6 Å². The van der Waals surface area contributed by atoms with Crippen molar-refractivity contribution in [1.29, 1.82) is 0 Å². The van der Waals surface area contributed by atoms with Crippen LogP contribution in [0.1, 0.15) is 52.0 Å². The molecule has 1 heterocycles. The Balaban J connectivity index is 2.05. The van der Waals surface area contributed by atoms with Crippen LogP contribution in [0.15, 0.2) is 29.4 Å². The molecule has 0 bridgehead atoms. The van der Waals surface area contributed by atoms with Crippen molar-refractivity contribution >= 4 is 40.3 Å². The smallest absolute Gasteiger partial charge is 0.240 e. The zero-order valence-corrected chi connectivity index (χ0v) is 15.8. The number of carbonyl (C=O) groups excluding carboxylic acids is 2. The molecule has 6 heteroatoms. The van der Waals surface area contributed by atoms with E-state index in [2.05, 4.69) is 22.8 Å². The molecule has 25 heavy (non-hydrogen) atoms. The summed E-state index contributed by atoms with van der Waals surface area (Å²) in [7, 11) is 0. The maximum atomic E-state index is 11.4. The minimum atomic E-state index is -0.0488. The third-order valence-electron chi connectivity index (χ3n) is 4.25. The highest BCUT2D eigenvalue weighted by atomic mass is 32.1. The molecule has 1 amide bonds. The molecule has 1 aromatic carbocycles. The largest absolute Gasteiger partial charge is 0.350 e. The molecule has 0 saturated carbocycles. The molecule has 0 radical (unpaired) electrons. The molecule has 0 spiro atoms. The summed E-state index contributed by atoms with van der Waals surface area (Å²) < 4.78 is 0. The Labute approximate surface area is 154 Å². The van der Waals surface area contributed by atoms with E-state index in [1.807, 2.05) is 31.2 Å². The number of amides is 1. The number of benzene rings is 1. The van der Waals surface area contributed by atoms with Gasteiger partial charge in [-0.25, -0.2) is 5.43 Å². The van der Waals surface area contributed by atoms with Gasteiger partial charge in [-0.05, 0) is 31.0 Å². The lowest BCUT2D eigenvalue weighted by Crippen LogP contribution is -2.31. The third kappa shape index (κ3) is 5.46. The molecule has 0 aliphatic carbocycles. The van der Waals surface area contributed by atoms with E-state index in [0.29, 0.717) is 17.8 Å². The highest BCUT2D eigenvalue weighted by Gasteiger charge is 2.21. The molecule has 2 unspecified atom stereocenters. The molecule has 1 aliphatic rings. The van der Waals surface area contributed by atoms with Gasteiger partial charge >= 0.3 is 0 Å². The fourth-order valence-electron chi connectivity index (χ4n) is 2.99. The number of ketones is 1. The molecule has 0 fully saturated rings. The summed E-state index contributed by atoms with van der Waals surface area (Å²) in [5.74, 6) is 0.282. The average Bonchev–Trinajstić information content (AvgIpc) is 2.55. The van der Waals surface area contributed by atoms with Crippen molar-refractivity contribution in [2.75, 3.05) is 5.32 Å². The second-order valence-electron chi connectivity index (χ2n) is 6.60. The van der Waals surface area contributed by atoms with Crippen molar-refractivity contribution < 1.29 is 9.59 Å². The van der Waals surface area contributed by atoms with Crippen molar-refractivity contribution in [3.8, 4) is 0 Å². The van der Waals surface area contributed by atoms with Crippen LogP contribution >= 0.6 is 12.2 Å². The van der Waals surface area contributed by atoms with E-state index in [1.165, 1.54) is 0 Å². The van der Waals surface area contributed by atoms with Crippen molar-refractivity contribution in [3.63, 3.8) is 0 Å². The number of carbonyl (C=O) groups is 2. The lowest BCUT2D eigenvalue weighted by atomic mass is 9.94. The van der Waals surface area contributed by atoms with Crippen LogP contribution in [-0.4, -0.2) is 22.4 Å². The normalized spacial score (nSPS) is 18.1. The molecule has 1 aliphatic heterocycles. The Hall–Kier alpha value is -2.08. The van der Waals surface area contributed by atoms with Crippen LogP contribution in [0.3, 0.4) is 0 Å². The van der Waals surface area contributed by atoms with Crippen LogP contribution in [0.25, 0.3) is 0 Å². The number of hydrogen-bond acceptors (Lipinski definition) is 4. The van der Waals surface area contributed by atoms with Gasteiger partial charge in [-0.3, -0.25) is 4.79 Å². The molecule has 5 nitrogen and oxygen atoms in total. The number of nitrogens with one attached hydrogen (secondary N) is 2. The third-order valence-corrected chi connectivity index (χ3v) is 4.68. The fraction of sp³-hybridized carbons (Fsp3) is 0.474. The Morgan fingerprint density at radius 3 is 2.64 bits per heavy atom. The Morgan fingerprint density at radius 1 is 1.40 bits per heavy atom. The van der Waals surface area contributed by atoms with Crippen LogP contribution in [0.4, 0.5) is 5.69 Å². The van der Waals surface area contributed by atoms with Crippen molar-refractivity contribution in [3.05, 3.63) is 29.8 Å². The second kappa shape index (κ2) is 8.85. The molecule has 2 N–H and O–H groups in total. The van der Waals surface area contributed by atoms with Gasteiger partial charge in [-0.15, -0.1) is 0 Å². The van der Waals surface area contributed by atoms with Crippen LogP contribution in [-0.2, 0) is 9.59 Å². The van der Waals surface area contributed by atoms with Gasteiger partial charge in [0.25, 0.3) is 0 Å². The maximum absolute atomic E-state index is 11.4. The first kappa shape index (κ1) is 19.2. The lowest BCUT2D eigenvalue weighted by Gasteiger charge is -2.20. The van der Waals surface area contributed by atoms with E-state index in [-0.39, 0.29) is 23.5 Å². The Bertz CT molecular complexity index is 682. The van der Waals surface area contributed by atoms with Gasteiger partial charge in [-0.2, -0.15) is 5.10 Å². The summed E-state index contributed by atoms with van der Waals surface area (Å²) in [6, 6.07) is 7.84. The quantitative estimate of drug-likeness (QED) is 0.729. The first-order valence-electron chi connectivity index (χ1n) is 8.67. The number of hydrazone groups is 1. The number of anilines is 1. The van der Waals surface area contributed by atoms with Gasteiger partial charge in [0.15, 0.2) is 0 Å². The van der Waals surface area contributed by atoms with E-state index in [9.17, 15) is 9.59 Å². The lowest BCUT2D eigenvalue weighted by molar-refractivity contribution is -0.122. The second-order valence-corrected chi connectivity index (χ2v) is 7.04. The summed E-state index contributed by atoms with van der Waals surface area (Å²) >= 11 is 5.50. The van der Waals surface area contributed by atoms with Crippen LogP contribution < -0.4 is 10.7 Å². The summed E-state index contributed by atoms with van der Waals surface area (Å²) in [6.07, 6.45) is 2.82. The molecular formula is C19H25N3O2S. The van der Waals surface area contributed by atoms with Gasteiger partial charge in [0, 0.05) is 30.4 Å². The predicted molar refractivity (Wildman–Crippen MR) is 105 cm³/mol. The standard InChI is InChI=1S/C19H25N3O2S/c1-4-5-15(11-13(3)23)19(25)20-16-8-6-14(7-9-16)18-12(2)10-17(24)21-22-18/h6-9,12,15H,4-5,10-11H2,1-3H3,(H,20,25)(H,21,24). The van der Waals surface area contributed by atoms with Gasteiger partial charge in [0.2, 0.25) is 5.91 Å². The zero-order chi connectivity index (χ0) is 18.4. The van der Waals surface area contributed by atoms with Crippen molar-refractivity contribution in [2.24, 2.45) is 16.9 Å². The monoisotopic (exact) mass is 359 g/mol. The summed E-state index contributed by atoms with van der Waals surface area (Å²) in [6.45, 7) is 5.69. The van der Waals surface area contributed by atoms with Crippen LogP contribution in [0.5, 0.6) is 0 Å². The Morgan fingerprint density at radius 2 is 2.08 bits per heavy atom. The maximum Gasteiger partial charge on any atom is 0.240 e. The van der Waals surface area contributed by atoms with Crippen molar-refractivity contribution in [1.82, 2.24) is 5.43 Å². The van der Waals surface area contributed by atoms with Crippen LogP contribution in [0, 0.1) is 11.8 Å². The first-order valence-corrected chi connectivity index (χ1v) is 9.08. The summed E-state index contributed by atoms with van der Waals surface area (Å²) in [4.78, 5) is 23.5. The highest BCUT2D eigenvalue weighted by Crippen LogP contribution is 2.20. The summed E-state index contributed by atoms with van der Waals surface area (Å²) in [5, 5.41) is 7.42. The predicted octanol–water partition coefficient (Wildman–Crippen LogP) is 3.68. The molecule has 1 aromatic rings. The van der Waals surface area contributed by atoms with Crippen LogP contribution in [0.2, 0.25) is 0 Å². The van der Waals surface area contributed by atoms with Gasteiger partial charge < -0.3 is 10.1 Å². The summed E-state index contributed by atoms with van der Waals surface area (Å²) in [5.41, 5.74) is 5.30. The average molecular weight is 359 g/mol. The van der Waals surface area contributed by atoms with Crippen molar-refractivity contribution in [2.45, 2.75) is 46.5 Å². The molecule has 0 aromatic heterocycles. The number of rotatable bonds is 7. The molecule has 2 rings (SSSR count). The Kier molecular flexibility index (Phi) is 6.82. The molecule has 134 valence electrons. The number of Topliss-reactive ketones (excluding diaryl/α,β-unsaturated/α-hetero) is 1. The topological polar surface area (TPSA) is 70.6 Å². The SMILES string of the molecule is CCCC(CC(C)=O)C(=S)Nc1ccc(C2=NNC(=O)CC2C)cc1. The zero-order valence-electron chi connectivity index (χ0n) is 15.0. The minimum Gasteiger partial charge on any atom is -0.350 e. The van der Waals surface area contributed by atoms with E-state index < -0.39 is 0 Å².